The van der Waals surface area contributed by atoms with Crippen LogP contribution in [0.15, 0.2) is 47.6 Å². The molecule has 0 fully saturated rings. The monoisotopic (exact) mass is 411 g/mol. The molecule has 10 heteroatoms. The molecule has 0 saturated heterocycles. The number of hydrogen-bond acceptors (Lipinski definition) is 9. The van der Waals surface area contributed by atoms with E-state index in [9.17, 15) is 4.39 Å². The Morgan fingerprint density at radius 1 is 0.967 bits per heavy atom. The van der Waals surface area contributed by atoms with Gasteiger partial charge in [-0.15, -0.1) is 0 Å². The maximum atomic E-state index is 13.1. The summed E-state index contributed by atoms with van der Waals surface area (Å²) in [7, 11) is 6.78. The first kappa shape index (κ1) is 20.8. The lowest BCUT2D eigenvalue weighted by molar-refractivity contribution is 0.394. The summed E-state index contributed by atoms with van der Waals surface area (Å²) in [5.74, 6) is 1.93. The molecule has 0 spiro atoms. The van der Waals surface area contributed by atoms with Gasteiger partial charge in [0.15, 0.2) is 0 Å². The van der Waals surface area contributed by atoms with Gasteiger partial charge >= 0.3 is 0 Å². The van der Waals surface area contributed by atoms with Crippen molar-refractivity contribution in [2.75, 3.05) is 44.0 Å². The van der Waals surface area contributed by atoms with Gasteiger partial charge in [-0.25, -0.2) is 9.82 Å². The van der Waals surface area contributed by atoms with Crippen LogP contribution < -0.4 is 25.1 Å². The van der Waals surface area contributed by atoms with Crippen LogP contribution in [0.3, 0.4) is 0 Å². The highest BCUT2D eigenvalue weighted by atomic mass is 19.1. The van der Waals surface area contributed by atoms with Crippen LogP contribution in [0.25, 0.3) is 0 Å². The number of anilines is 4. The average Bonchev–Trinajstić information content (AvgIpc) is 2.75. The largest absolute Gasteiger partial charge is 0.497 e. The number of rotatable bonds is 8. The van der Waals surface area contributed by atoms with Crippen molar-refractivity contribution >= 4 is 29.7 Å². The Morgan fingerprint density at radius 3 is 2.37 bits per heavy atom. The highest BCUT2D eigenvalue weighted by Gasteiger charge is 2.09. The SMILES string of the molecule is COc1ccc(/C=N/Nc2nc(Nc3ccc(F)cc3)nc(N(C)C)n2)c(OC)c1. The summed E-state index contributed by atoms with van der Waals surface area (Å²) >= 11 is 0. The first-order valence-corrected chi connectivity index (χ1v) is 8.95. The number of hydrogen-bond donors (Lipinski definition) is 2. The molecule has 3 rings (SSSR count). The lowest BCUT2D eigenvalue weighted by Crippen LogP contribution is -2.15. The Balaban J connectivity index is 1.80. The quantitative estimate of drug-likeness (QED) is 0.431. The molecular formula is C20H22FN7O2. The minimum Gasteiger partial charge on any atom is -0.497 e. The van der Waals surface area contributed by atoms with Gasteiger partial charge in [0.05, 0.1) is 20.4 Å². The van der Waals surface area contributed by atoms with E-state index in [1.807, 2.05) is 26.2 Å². The van der Waals surface area contributed by atoms with Crippen molar-refractivity contribution in [1.82, 2.24) is 15.0 Å². The molecule has 9 nitrogen and oxygen atoms in total. The Kier molecular flexibility index (Phi) is 6.58. The number of nitrogens with zero attached hydrogens (tertiary/aromatic N) is 5. The van der Waals surface area contributed by atoms with E-state index in [-0.39, 0.29) is 11.8 Å². The zero-order valence-corrected chi connectivity index (χ0v) is 17.0. The lowest BCUT2D eigenvalue weighted by atomic mass is 10.2. The summed E-state index contributed by atoms with van der Waals surface area (Å²) < 4.78 is 23.7. The van der Waals surface area contributed by atoms with Gasteiger partial charge in [0, 0.05) is 31.4 Å². The predicted octanol–water partition coefficient (Wildman–Crippen LogP) is 3.28. The summed E-state index contributed by atoms with van der Waals surface area (Å²) in [5, 5.41) is 7.22. The Morgan fingerprint density at radius 2 is 1.70 bits per heavy atom. The molecule has 2 aromatic carbocycles. The number of benzene rings is 2. The van der Waals surface area contributed by atoms with E-state index < -0.39 is 0 Å². The van der Waals surface area contributed by atoms with Crippen molar-refractivity contribution in [3.63, 3.8) is 0 Å². The van der Waals surface area contributed by atoms with Gasteiger partial charge in [0.2, 0.25) is 17.8 Å². The van der Waals surface area contributed by atoms with Gasteiger partial charge in [0.1, 0.15) is 17.3 Å². The fourth-order valence-electron chi connectivity index (χ4n) is 2.42. The number of nitrogens with one attached hydrogen (secondary N) is 2. The Hall–Kier alpha value is -3.95. The highest BCUT2D eigenvalue weighted by Crippen LogP contribution is 2.23. The molecule has 2 N–H and O–H groups in total. The second kappa shape index (κ2) is 9.50. The van der Waals surface area contributed by atoms with Crippen LogP contribution in [-0.4, -0.2) is 49.5 Å². The summed E-state index contributed by atoms with van der Waals surface area (Å²) in [4.78, 5) is 14.7. The maximum absolute atomic E-state index is 13.1. The first-order chi connectivity index (χ1) is 14.5. The standard InChI is InChI=1S/C20H22FN7O2/c1-28(2)20-25-18(23-15-8-6-14(21)7-9-15)24-19(26-20)27-22-12-13-5-10-16(29-3)11-17(13)30-4/h5-12H,1-4H3,(H2,23,24,25,26,27)/b22-12+. The first-order valence-electron chi connectivity index (χ1n) is 8.95. The van der Waals surface area contributed by atoms with Crippen LogP contribution >= 0.6 is 0 Å². The van der Waals surface area contributed by atoms with Crippen LogP contribution in [-0.2, 0) is 0 Å². The Bertz CT molecular complexity index is 1030. The van der Waals surface area contributed by atoms with Crippen molar-refractivity contribution in [2.24, 2.45) is 5.10 Å². The van der Waals surface area contributed by atoms with E-state index in [2.05, 4.69) is 30.8 Å². The molecule has 0 aliphatic rings. The zero-order chi connectivity index (χ0) is 21.5. The summed E-state index contributed by atoms with van der Waals surface area (Å²) in [6.07, 6.45) is 1.59. The Labute approximate surface area is 173 Å². The van der Waals surface area contributed by atoms with Gasteiger partial charge in [-0.05, 0) is 36.4 Å². The van der Waals surface area contributed by atoms with Crippen LogP contribution in [0.4, 0.5) is 27.9 Å². The molecule has 0 aliphatic heterocycles. The minimum atomic E-state index is -0.323. The van der Waals surface area contributed by atoms with E-state index in [4.69, 9.17) is 9.47 Å². The lowest BCUT2D eigenvalue weighted by Gasteiger charge is -2.13. The molecule has 3 aromatic rings. The minimum absolute atomic E-state index is 0.238. The molecule has 0 amide bonds. The second-order valence-corrected chi connectivity index (χ2v) is 6.29. The third-order valence-electron chi connectivity index (χ3n) is 3.93. The molecule has 30 heavy (non-hydrogen) atoms. The molecule has 1 heterocycles. The molecule has 0 unspecified atom stereocenters. The van der Waals surface area contributed by atoms with Gasteiger partial charge in [0.25, 0.3) is 0 Å². The summed E-state index contributed by atoms with van der Waals surface area (Å²) in [5.41, 5.74) is 4.19. The molecule has 0 aliphatic carbocycles. The van der Waals surface area contributed by atoms with E-state index in [1.165, 1.54) is 12.1 Å². The van der Waals surface area contributed by atoms with Crippen molar-refractivity contribution in [2.45, 2.75) is 0 Å². The van der Waals surface area contributed by atoms with Crippen molar-refractivity contribution < 1.29 is 13.9 Å². The van der Waals surface area contributed by atoms with Gasteiger partial charge in [-0.3, -0.25) is 0 Å². The van der Waals surface area contributed by atoms with Crippen molar-refractivity contribution in [3.8, 4) is 11.5 Å². The molecule has 0 saturated carbocycles. The summed E-state index contributed by atoms with van der Waals surface area (Å²) in [6, 6.07) is 11.3. The van der Waals surface area contributed by atoms with Crippen LogP contribution in [0.5, 0.6) is 11.5 Å². The van der Waals surface area contributed by atoms with Crippen LogP contribution in [0.2, 0.25) is 0 Å². The maximum Gasteiger partial charge on any atom is 0.250 e. The van der Waals surface area contributed by atoms with Crippen LogP contribution in [0.1, 0.15) is 5.56 Å². The van der Waals surface area contributed by atoms with E-state index in [0.29, 0.717) is 29.1 Å². The fourth-order valence-corrected chi connectivity index (χ4v) is 2.42. The number of halogens is 1. The number of aromatic nitrogens is 3. The average molecular weight is 411 g/mol. The van der Waals surface area contributed by atoms with E-state index in [1.54, 1.807) is 43.5 Å². The normalized spacial score (nSPS) is 10.7. The van der Waals surface area contributed by atoms with Gasteiger partial charge in [-0.2, -0.15) is 20.1 Å². The highest BCUT2D eigenvalue weighted by molar-refractivity contribution is 5.84. The topological polar surface area (TPSA) is 96.8 Å². The molecular weight excluding hydrogens is 389 g/mol. The van der Waals surface area contributed by atoms with Crippen molar-refractivity contribution in [1.29, 1.82) is 0 Å². The van der Waals surface area contributed by atoms with E-state index in [0.717, 1.165) is 5.56 Å². The molecule has 1 aromatic heterocycles. The van der Waals surface area contributed by atoms with Gasteiger partial charge in [-0.1, -0.05) is 0 Å². The third-order valence-corrected chi connectivity index (χ3v) is 3.93. The molecule has 0 atom stereocenters. The predicted molar refractivity (Wildman–Crippen MR) is 115 cm³/mol. The number of hydrazone groups is 1. The summed E-state index contributed by atoms with van der Waals surface area (Å²) in [6.45, 7) is 0. The molecule has 0 radical (unpaired) electrons. The van der Waals surface area contributed by atoms with E-state index >= 15 is 0 Å². The number of ether oxygens (including phenoxy) is 2. The third kappa shape index (κ3) is 5.31. The zero-order valence-electron chi connectivity index (χ0n) is 17.0. The molecule has 156 valence electrons. The smallest absolute Gasteiger partial charge is 0.250 e. The van der Waals surface area contributed by atoms with Gasteiger partial charge < -0.3 is 19.7 Å². The van der Waals surface area contributed by atoms with Crippen LogP contribution in [0, 0.1) is 5.82 Å². The second-order valence-electron chi connectivity index (χ2n) is 6.29. The van der Waals surface area contributed by atoms with Crippen molar-refractivity contribution in [3.05, 3.63) is 53.8 Å². The fraction of sp³-hybridized carbons (Fsp3) is 0.200. The molecule has 0 bridgehead atoms. The number of methoxy groups -OCH3 is 2.